The third kappa shape index (κ3) is 0.695. The molecular formula is C9H16N2. The number of hydrogen-bond acceptors (Lipinski definition) is 2. The lowest BCUT2D eigenvalue weighted by Crippen LogP contribution is -2.33. The van der Waals surface area contributed by atoms with Gasteiger partial charge in [0.2, 0.25) is 0 Å². The minimum atomic E-state index is 0.863. The average molecular weight is 152 g/mol. The summed E-state index contributed by atoms with van der Waals surface area (Å²) in [6.45, 7) is 2.30. The molecule has 4 atom stereocenters. The Balaban J connectivity index is 1.85. The first-order valence-electron chi connectivity index (χ1n) is 4.87. The molecule has 3 aliphatic rings. The van der Waals surface area contributed by atoms with Crippen molar-refractivity contribution in [3.63, 3.8) is 0 Å². The number of nitrogens with two attached hydrogens (primary N) is 1. The van der Waals surface area contributed by atoms with E-state index in [0.717, 1.165) is 30.5 Å². The molecule has 2 N–H and O–H groups in total. The monoisotopic (exact) mass is 152 g/mol. The van der Waals surface area contributed by atoms with Crippen LogP contribution in [0.5, 0.6) is 0 Å². The molecule has 11 heavy (non-hydrogen) atoms. The van der Waals surface area contributed by atoms with Crippen molar-refractivity contribution in [3.05, 3.63) is 0 Å². The first kappa shape index (κ1) is 6.44. The van der Waals surface area contributed by atoms with Gasteiger partial charge in [0.05, 0.1) is 0 Å². The number of nitrogens with zero attached hydrogens (tertiary/aromatic N) is 1. The normalized spacial score (nSPS) is 54.3. The summed E-state index contributed by atoms with van der Waals surface area (Å²) >= 11 is 0. The van der Waals surface area contributed by atoms with Gasteiger partial charge in [-0.1, -0.05) is 0 Å². The van der Waals surface area contributed by atoms with Gasteiger partial charge >= 0.3 is 0 Å². The minimum absolute atomic E-state index is 0.863. The largest absolute Gasteiger partial charge is 0.330 e. The summed E-state index contributed by atoms with van der Waals surface area (Å²) in [5.41, 5.74) is 5.78. The second-order valence-corrected chi connectivity index (χ2v) is 4.31. The van der Waals surface area contributed by atoms with E-state index in [1.54, 1.807) is 0 Å². The van der Waals surface area contributed by atoms with Gasteiger partial charge < -0.3 is 5.73 Å². The molecule has 2 saturated heterocycles. The summed E-state index contributed by atoms with van der Waals surface area (Å²) < 4.78 is 0. The topological polar surface area (TPSA) is 29.3 Å². The fourth-order valence-electron chi connectivity index (χ4n) is 3.35. The van der Waals surface area contributed by atoms with Crippen LogP contribution in [0.3, 0.4) is 0 Å². The van der Waals surface area contributed by atoms with Crippen molar-refractivity contribution >= 4 is 0 Å². The zero-order valence-electron chi connectivity index (χ0n) is 6.87. The van der Waals surface area contributed by atoms with Crippen LogP contribution in [-0.2, 0) is 0 Å². The highest BCUT2D eigenvalue weighted by atomic mass is 15.3. The van der Waals surface area contributed by atoms with Crippen LogP contribution in [0, 0.1) is 11.8 Å². The Morgan fingerprint density at radius 2 is 2.27 bits per heavy atom. The van der Waals surface area contributed by atoms with Crippen LogP contribution >= 0.6 is 0 Å². The molecule has 2 nitrogen and oxygen atoms in total. The molecule has 1 aliphatic carbocycles. The molecule has 2 heterocycles. The van der Waals surface area contributed by atoms with E-state index in [9.17, 15) is 0 Å². The average Bonchev–Trinajstić information content (AvgIpc) is 2.56. The molecule has 1 saturated carbocycles. The van der Waals surface area contributed by atoms with Gasteiger partial charge in [-0.25, -0.2) is 0 Å². The van der Waals surface area contributed by atoms with Crippen LogP contribution in [0.4, 0.5) is 0 Å². The molecule has 2 unspecified atom stereocenters. The molecule has 0 amide bonds. The first-order chi connectivity index (χ1) is 5.42. The van der Waals surface area contributed by atoms with Crippen LogP contribution in [0.25, 0.3) is 0 Å². The van der Waals surface area contributed by atoms with E-state index >= 15 is 0 Å². The molecule has 0 bridgehead atoms. The van der Waals surface area contributed by atoms with Crippen LogP contribution in [-0.4, -0.2) is 30.1 Å². The van der Waals surface area contributed by atoms with E-state index < -0.39 is 0 Å². The second-order valence-electron chi connectivity index (χ2n) is 4.31. The Hall–Kier alpha value is -0.0800. The van der Waals surface area contributed by atoms with E-state index in [1.807, 2.05) is 0 Å². The minimum Gasteiger partial charge on any atom is -0.330 e. The van der Waals surface area contributed by atoms with Crippen molar-refractivity contribution < 1.29 is 0 Å². The van der Waals surface area contributed by atoms with Crippen molar-refractivity contribution in [1.82, 2.24) is 4.90 Å². The molecule has 62 valence electrons. The quantitative estimate of drug-likeness (QED) is 0.590. The van der Waals surface area contributed by atoms with Gasteiger partial charge in [-0.3, -0.25) is 4.90 Å². The summed E-state index contributed by atoms with van der Waals surface area (Å²) in [6.07, 6.45) is 4.30. The third-order valence-electron chi connectivity index (χ3n) is 3.89. The third-order valence-corrected chi connectivity index (χ3v) is 3.89. The van der Waals surface area contributed by atoms with Crippen LogP contribution < -0.4 is 5.73 Å². The number of rotatable bonds is 1. The summed E-state index contributed by atoms with van der Waals surface area (Å²) in [5.74, 6) is 1.87. The van der Waals surface area contributed by atoms with Crippen molar-refractivity contribution in [2.45, 2.75) is 31.3 Å². The predicted octanol–water partition coefficient (Wildman–Crippen LogP) is 0.428. The standard InChI is InChI=1S/C9H16N2/c10-5-7-6-4-9(6)11-3-1-2-8(7)11/h6-9H,1-5,10H2/t6-,7?,8-,9?/m0/s1. The highest BCUT2D eigenvalue weighted by Crippen LogP contribution is 2.54. The van der Waals surface area contributed by atoms with Crippen molar-refractivity contribution in [2.75, 3.05) is 13.1 Å². The van der Waals surface area contributed by atoms with Gasteiger partial charge in [0, 0.05) is 12.1 Å². The Labute approximate surface area is 67.7 Å². The molecule has 2 heteroatoms. The van der Waals surface area contributed by atoms with Gasteiger partial charge in [0.15, 0.2) is 0 Å². The van der Waals surface area contributed by atoms with Gasteiger partial charge in [-0.2, -0.15) is 0 Å². The SMILES string of the molecule is NCC1[C@@H]2CC2N2CCC[C@@H]12. The number of piperidine rings is 1. The molecular weight excluding hydrogens is 136 g/mol. The zero-order chi connectivity index (χ0) is 7.42. The lowest BCUT2D eigenvalue weighted by molar-refractivity contribution is 0.242. The second kappa shape index (κ2) is 1.99. The zero-order valence-corrected chi connectivity index (χ0v) is 6.87. The van der Waals surface area contributed by atoms with Crippen molar-refractivity contribution in [3.8, 4) is 0 Å². The summed E-state index contributed by atoms with van der Waals surface area (Å²) in [6, 6.07) is 1.86. The van der Waals surface area contributed by atoms with E-state index in [1.165, 1.54) is 25.8 Å². The summed E-state index contributed by atoms with van der Waals surface area (Å²) in [4.78, 5) is 2.72. The molecule has 0 aromatic heterocycles. The smallest absolute Gasteiger partial charge is 0.0142 e. The summed E-state index contributed by atoms with van der Waals surface area (Å²) in [5, 5.41) is 0. The maximum atomic E-state index is 5.78. The van der Waals surface area contributed by atoms with E-state index in [2.05, 4.69) is 4.90 Å². The van der Waals surface area contributed by atoms with E-state index in [4.69, 9.17) is 5.73 Å². The lowest BCUT2D eigenvalue weighted by atomic mass is 9.95. The van der Waals surface area contributed by atoms with Crippen molar-refractivity contribution in [1.29, 1.82) is 0 Å². The van der Waals surface area contributed by atoms with Gasteiger partial charge in [0.25, 0.3) is 0 Å². The molecule has 0 spiro atoms. The Morgan fingerprint density at radius 1 is 1.36 bits per heavy atom. The highest BCUT2D eigenvalue weighted by Gasteiger charge is 2.58. The van der Waals surface area contributed by atoms with E-state index in [0.29, 0.717) is 0 Å². The van der Waals surface area contributed by atoms with Gasteiger partial charge in [0.1, 0.15) is 0 Å². The maximum absolute atomic E-state index is 5.78. The van der Waals surface area contributed by atoms with Crippen molar-refractivity contribution in [2.24, 2.45) is 17.6 Å². The summed E-state index contributed by atoms with van der Waals surface area (Å²) in [7, 11) is 0. The van der Waals surface area contributed by atoms with Crippen LogP contribution in [0.2, 0.25) is 0 Å². The maximum Gasteiger partial charge on any atom is 0.0142 e. The predicted molar refractivity (Wildman–Crippen MR) is 44.2 cm³/mol. The molecule has 0 aromatic rings. The highest BCUT2D eigenvalue weighted by molar-refractivity contribution is 5.12. The lowest BCUT2D eigenvalue weighted by Gasteiger charge is -2.23. The van der Waals surface area contributed by atoms with Crippen LogP contribution in [0.15, 0.2) is 0 Å². The molecule has 2 aliphatic heterocycles. The number of fused-ring (bicyclic) bond motifs is 3. The molecule has 0 aromatic carbocycles. The Morgan fingerprint density at radius 3 is 3.09 bits per heavy atom. The molecule has 3 fully saturated rings. The fraction of sp³-hybridized carbons (Fsp3) is 1.00. The van der Waals surface area contributed by atoms with Gasteiger partial charge in [-0.15, -0.1) is 0 Å². The fourth-order valence-corrected chi connectivity index (χ4v) is 3.35. The van der Waals surface area contributed by atoms with E-state index in [-0.39, 0.29) is 0 Å². The number of hydrogen-bond donors (Lipinski definition) is 1. The Bertz CT molecular complexity index is 178. The Kier molecular flexibility index (Phi) is 1.16. The van der Waals surface area contributed by atoms with Gasteiger partial charge in [-0.05, 0) is 44.2 Å². The molecule has 0 radical (unpaired) electrons. The molecule has 3 rings (SSSR count). The first-order valence-corrected chi connectivity index (χ1v) is 4.87. The van der Waals surface area contributed by atoms with Crippen LogP contribution in [0.1, 0.15) is 19.3 Å².